The van der Waals surface area contributed by atoms with Gasteiger partial charge in [0.05, 0.1) is 11.5 Å². The molecule has 2 aromatic rings. The Hall–Kier alpha value is -2.97. The van der Waals surface area contributed by atoms with E-state index in [0.29, 0.717) is 39.3 Å². The van der Waals surface area contributed by atoms with Crippen LogP contribution in [0.25, 0.3) is 6.08 Å². The molecular weight excluding hydrogens is 428 g/mol. The van der Waals surface area contributed by atoms with Gasteiger partial charge in [-0.25, -0.2) is 0 Å². The minimum atomic E-state index is -0.345. The predicted octanol–water partition coefficient (Wildman–Crippen LogP) is 4.42. The number of carbonyl (C=O) groups excluding carboxylic acids is 3. The van der Waals surface area contributed by atoms with Gasteiger partial charge in [0.15, 0.2) is 18.1 Å². The number of amides is 3. The molecule has 0 unspecified atom stereocenters. The Bertz CT molecular complexity index is 1010. The van der Waals surface area contributed by atoms with Crippen molar-refractivity contribution >= 4 is 52.2 Å². The SMILES string of the molecule is CCOc1cc(C=C2SC(=O)N(C)C2=O)ccc1OCC(=O)Nc1ccc(Cl)cc1. The van der Waals surface area contributed by atoms with Gasteiger partial charge in [-0.15, -0.1) is 0 Å². The van der Waals surface area contributed by atoms with Crippen LogP contribution >= 0.6 is 23.4 Å². The van der Waals surface area contributed by atoms with E-state index in [1.807, 2.05) is 6.92 Å². The summed E-state index contributed by atoms with van der Waals surface area (Å²) in [7, 11) is 1.44. The molecule has 1 aliphatic rings. The molecule has 0 saturated carbocycles. The summed E-state index contributed by atoms with van der Waals surface area (Å²) in [6, 6.07) is 11.8. The molecule has 9 heteroatoms. The van der Waals surface area contributed by atoms with Crippen LogP contribution in [0.5, 0.6) is 11.5 Å². The molecule has 1 heterocycles. The van der Waals surface area contributed by atoms with E-state index < -0.39 is 0 Å². The first-order valence-electron chi connectivity index (χ1n) is 9.04. The Balaban J connectivity index is 1.69. The molecule has 0 spiro atoms. The molecule has 7 nitrogen and oxygen atoms in total. The second-order valence-electron chi connectivity index (χ2n) is 6.22. The molecular formula is C21H19ClN2O5S. The van der Waals surface area contributed by atoms with Crippen molar-refractivity contribution in [2.45, 2.75) is 6.92 Å². The number of rotatable bonds is 7. The van der Waals surface area contributed by atoms with Crippen molar-refractivity contribution in [3.8, 4) is 11.5 Å². The van der Waals surface area contributed by atoms with Crippen molar-refractivity contribution in [3.05, 3.63) is 58.0 Å². The molecule has 3 rings (SSSR count). The first-order valence-corrected chi connectivity index (χ1v) is 10.2. The molecule has 1 saturated heterocycles. The molecule has 3 amide bonds. The fourth-order valence-electron chi connectivity index (χ4n) is 2.57. The van der Waals surface area contributed by atoms with E-state index in [1.165, 1.54) is 7.05 Å². The van der Waals surface area contributed by atoms with Crippen molar-refractivity contribution in [1.82, 2.24) is 4.90 Å². The third-order valence-corrected chi connectivity index (χ3v) is 5.25. The Kier molecular flexibility index (Phi) is 7.02. The minimum Gasteiger partial charge on any atom is -0.490 e. The fraction of sp³-hybridized carbons (Fsp3) is 0.190. The maximum atomic E-state index is 12.1. The number of nitrogens with one attached hydrogen (secondary N) is 1. The van der Waals surface area contributed by atoms with E-state index in [4.69, 9.17) is 21.1 Å². The van der Waals surface area contributed by atoms with Gasteiger partial charge in [-0.1, -0.05) is 17.7 Å². The van der Waals surface area contributed by atoms with Crippen LogP contribution in [0.1, 0.15) is 12.5 Å². The van der Waals surface area contributed by atoms with Crippen molar-refractivity contribution in [2.24, 2.45) is 0 Å². The highest BCUT2D eigenvalue weighted by molar-refractivity contribution is 8.18. The molecule has 30 heavy (non-hydrogen) atoms. The number of thioether (sulfide) groups is 1. The number of halogens is 1. The van der Waals surface area contributed by atoms with Crippen LogP contribution in [0.4, 0.5) is 10.5 Å². The van der Waals surface area contributed by atoms with E-state index >= 15 is 0 Å². The molecule has 0 aromatic heterocycles. The predicted molar refractivity (Wildman–Crippen MR) is 117 cm³/mol. The zero-order valence-electron chi connectivity index (χ0n) is 16.3. The quantitative estimate of drug-likeness (QED) is 0.633. The van der Waals surface area contributed by atoms with Crippen LogP contribution in [0.3, 0.4) is 0 Å². The van der Waals surface area contributed by atoms with Crippen molar-refractivity contribution in [1.29, 1.82) is 0 Å². The molecule has 1 N–H and O–H groups in total. The molecule has 0 aliphatic carbocycles. The highest BCUT2D eigenvalue weighted by Crippen LogP contribution is 2.34. The van der Waals surface area contributed by atoms with Gasteiger partial charge in [0.1, 0.15) is 0 Å². The highest BCUT2D eigenvalue weighted by atomic mass is 35.5. The number of likely N-dealkylation sites (N-methyl/N-ethyl adjacent to an activating group) is 1. The summed E-state index contributed by atoms with van der Waals surface area (Å²) in [5.41, 5.74) is 1.29. The van der Waals surface area contributed by atoms with E-state index in [-0.39, 0.29) is 23.7 Å². The largest absolute Gasteiger partial charge is 0.490 e. The average molecular weight is 447 g/mol. The van der Waals surface area contributed by atoms with E-state index in [0.717, 1.165) is 16.7 Å². The summed E-state index contributed by atoms with van der Waals surface area (Å²) in [5, 5.41) is 2.98. The maximum absolute atomic E-state index is 12.1. The van der Waals surface area contributed by atoms with Crippen molar-refractivity contribution in [3.63, 3.8) is 0 Å². The van der Waals surface area contributed by atoms with E-state index in [1.54, 1.807) is 48.5 Å². The fourth-order valence-corrected chi connectivity index (χ4v) is 3.53. The van der Waals surface area contributed by atoms with Crippen molar-refractivity contribution < 1.29 is 23.9 Å². The lowest BCUT2D eigenvalue weighted by Crippen LogP contribution is -2.22. The number of benzene rings is 2. The number of nitrogens with zero attached hydrogens (tertiary/aromatic N) is 1. The van der Waals surface area contributed by atoms with Gasteiger partial charge in [-0.3, -0.25) is 19.3 Å². The number of hydrogen-bond donors (Lipinski definition) is 1. The smallest absolute Gasteiger partial charge is 0.293 e. The summed E-state index contributed by atoms with van der Waals surface area (Å²) in [4.78, 5) is 37.2. The lowest BCUT2D eigenvalue weighted by atomic mass is 10.2. The number of hydrogen-bond acceptors (Lipinski definition) is 6. The number of carbonyl (C=O) groups is 3. The zero-order chi connectivity index (χ0) is 21.7. The molecule has 1 aliphatic heterocycles. The summed E-state index contributed by atoms with van der Waals surface area (Å²) in [6.07, 6.45) is 1.62. The van der Waals surface area contributed by atoms with Crippen LogP contribution in [-0.2, 0) is 9.59 Å². The van der Waals surface area contributed by atoms with Gasteiger partial charge >= 0.3 is 0 Å². The van der Waals surface area contributed by atoms with Gasteiger partial charge in [0, 0.05) is 17.8 Å². The average Bonchev–Trinajstić information content (AvgIpc) is 2.96. The Labute approximate surface area is 183 Å². The Morgan fingerprint density at radius 1 is 1.13 bits per heavy atom. The van der Waals surface area contributed by atoms with Crippen LogP contribution in [-0.4, -0.2) is 42.2 Å². The van der Waals surface area contributed by atoms with E-state index in [9.17, 15) is 14.4 Å². The maximum Gasteiger partial charge on any atom is 0.293 e. The number of anilines is 1. The summed E-state index contributed by atoms with van der Waals surface area (Å²) in [5.74, 6) is 0.146. The number of ether oxygens (including phenoxy) is 2. The van der Waals surface area contributed by atoms with Crippen LogP contribution < -0.4 is 14.8 Å². The molecule has 0 radical (unpaired) electrons. The zero-order valence-corrected chi connectivity index (χ0v) is 17.9. The van der Waals surface area contributed by atoms with Gasteiger partial charge < -0.3 is 14.8 Å². The van der Waals surface area contributed by atoms with Crippen LogP contribution in [0.15, 0.2) is 47.4 Å². The topological polar surface area (TPSA) is 84.9 Å². The van der Waals surface area contributed by atoms with Crippen LogP contribution in [0, 0.1) is 0 Å². The molecule has 0 bridgehead atoms. The number of imide groups is 1. The third-order valence-electron chi connectivity index (χ3n) is 4.04. The Morgan fingerprint density at radius 3 is 2.50 bits per heavy atom. The second-order valence-corrected chi connectivity index (χ2v) is 7.65. The molecule has 0 atom stereocenters. The lowest BCUT2D eigenvalue weighted by Gasteiger charge is -2.13. The van der Waals surface area contributed by atoms with Gasteiger partial charge in [0.25, 0.3) is 17.1 Å². The first kappa shape index (κ1) is 21.7. The summed E-state index contributed by atoms with van der Waals surface area (Å²) >= 11 is 6.71. The monoisotopic (exact) mass is 446 g/mol. The van der Waals surface area contributed by atoms with Gasteiger partial charge in [-0.05, 0) is 66.7 Å². The van der Waals surface area contributed by atoms with Gasteiger partial charge in [0.2, 0.25) is 0 Å². The normalized spacial score (nSPS) is 14.9. The summed E-state index contributed by atoms with van der Waals surface area (Å²) < 4.78 is 11.2. The molecule has 1 fully saturated rings. The second kappa shape index (κ2) is 9.69. The van der Waals surface area contributed by atoms with Gasteiger partial charge in [-0.2, -0.15) is 0 Å². The van der Waals surface area contributed by atoms with Crippen molar-refractivity contribution in [2.75, 3.05) is 25.6 Å². The van der Waals surface area contributed by atoms with E-state index in [2.05, 4.69) is 5.32 Å². The lowest BCUT2D eigenvalue weighted by molar-refractivity contribution is -0.121. The Morgan fingerprint density at radius 2 is 1.87 bits per heavy atom. The molecule has 156 valence electrons. The van der Waals surface area contributed by atoms with Crippen LogP contribution in [0.2, 0.25) is 5.02 Å². The highest BCUT2D eigenvalue weighted by Gasteiger charge is 2.31. The molecule has 2 aromatic carbocycles. The summed E-state index contributed by atoms with van der Waals surface area (Å²) in [6.45, 7) is 2.01. The third kappa shape index (κ3) is 5.34. The standard InChI is InChI=1S/C21H19ClN2O5S/c1-3-28-17-10-13(11-18-20(26)24(2)21(27)30-18)4-9-16(17)29-12-19(25)23-15-7-5-14(22)6-8-15/h4-11H,3,12H2,1-2H3,(H,23,25). The minimum absolute atomic E-state index is 0.212. The first-order chi connectivity index (χ1) is 14.4.